The predicted molar refractivity (Wildman–Crippen MR) is 121 cm³/mol. The van der Waals surface area contributed by atoms with Crippen LogP contribution in [0.2, 0.25) is 0 Å². The van der Waals surface area contributed by atoms with Crippen LogP contribution < -0.4 is 15.2 Å². The van der Waals surface area contributed by atoms with Crippen LogP contribution in [0, 0.1) is 0 Å². The Balaban J connectivity index is 1.70. The first-order valence-corrected chi connectivity index (χ1v) is 10.0. The molecule has 0 spiro atoms. The summed E-state index contributed by atoms with van der Waals surface area (Å²) < 4.78 is 5.32. The van der Waals surface area contributed by atoms with E-state index < -0.39 is 0 Å². The van der Waals surface area contributed by atoms with E-state index in [1.54, 1.807) is 7.11 Å². The molecule has 1 unspecified atom stereocenters. The fourth-order valence-corrected chi connectivity index (χ4v) is 3.62. The molecule has 1 aliphatic heterocycles. The molecule has 0 radical (unpaired) electrons. The van der Waals surface area contributed by atoms with Gasteiger partial charge in [0.1, 0.15) is 5.75 Å². The Labute approximate surface area is 173 Å². The molecule has 1 aliphatic rings. The number of hydrazine groups is 1. The van der Waals surface area contributed by atoms with Crippen molar-refractivity contribution in [2.75, 3.05) is 12.1 Å². The van der Waals surface area contributed by atoms with Gasteiger partial charge in [-0.05, 0) is 64.6 Å². The smallest absolute Gasteiger partial charge is 0.118 e. The average molecular weight is 385 g/mol. The molecule has 0 amide bonds. The Bertz CT molecular complexity index is 984. The van der Waals surface area contributed by atoms with Crippen molar-refractivity contribution >= 4 is 11.4 Å². The van der Waals surface area contributed by atoms with E-state index in [-0.39, 0.29) is 11.5 Å². The van der Waals surface area contributed by atoms with Gasteiger partial charge in [-0.15, -0.1) is 0 Å². The van der Waals surface area contributed by atoms with Crippen molar-refractivity contribution in [1.29, 1.82) is 0 Å². The summed E-state index contributed by atoms with van der Waals surface area (Å²) >= 11 is 0. The lowest BCUT2D eigenvalue weighted by Gasteiger charge is -2.25. The van der Waals surface area contributed by atoms with E-state index in [4.69, 9.17) is 4.74 Å². The zero-order valence-electron chi connectivity index (χ0n) is 17.5. The summed E-state index contributed by atoms with van der Waals surface area (Å²) in [6.45, 7) is 6.73. The topological polar surface area (TPSA) is 24.5 Å². The largest absolute Gasteiger partial charge is 0.497 e. The number of nitrogens with zero attached hydrogens (tertiary/aromatic N) is 1. The van der Waals surface area contributed by atoms with E-state index in [1.807, 2.05) is 18.2 Å². The van der Waals surface area contributed by atoms with Gasteiger partial charge in [0.2, 0.25) is 0 Å². The van der Waals surface area contributed by atoms with Gasteiger partial charge in [0.05, 0.1) is 24.5 Å². The molecular weight excluding hydrogens is 356 g/mol. The van der Waals surface area contributed by atoms with Gasteiger partial charge in [-0.25, -0.2) is 5.43 Å². The molecule has 148 valence electrons. The van der Waals surface area contributed by atoms with Crippen LogP contribution in [0.1, 0.15) is 43.5 Å². The van der Waals surface area contributed by atoms with Crippen molar-refractivity contribution < 1.29 is 4.74 Å². The monoisotopic (exact) mass is 384 g/mol. The molecular formula is C26H28N2O. The van der Waals surface area contributed by atoms with Crippen LogP contribution in [0.25, 0.3) is 5.70 Å². The standard InChI is InChI=1S/C26H28N2O/c1-26(2,3)21-14-10-19(11-15-21)24-18-25(20-12-16-23(29-4)17-13-20)28(27-24)22-8-6-5-7-9-22/h5-18,24,27H,1-4H3. The number of hydrogen-bond acceptors (Lipinski definition) is 3. The predicted octanol–water partition coefficient (Wildman–Crippen LogP) is 6.10. The van der Waals surface area contributed by atoms with Crippen molar-refractivity contribution in [1.82, 2.24) is 5.43 Å². The minimum absolute atomic E-state index is 0.112. The second kappa shape index (κ2) is 7.76. The Morgan fingerprint density at radius 2 is 1.48 bits per heavy atom. The highest BCUT2D eigenvalue weighted by molar-refractivity contribution is 5.81. The third kappa shape index (κ3) is 4.06. The first kappa shape index (κ1) is 19.3. The Morgan fingerprint density at radius 1 is 0.828 bits per heavy atom. The number of rotatable bonds is 4. The van der Waals surface area contributed by atoms with Crippen molar-refractivity contribution in [2.45, 2.75) is 32.2 Å². The lowest BCUT2D eigenvalue weighted by atomic mass is 9.86. The number of para-hydroxylation sites is 1. The second-order valence-corrected chi connectivity index (χ2v) is 8.43. The third-order valence-electron chi connectivity index (χ3n) is 5.37. The van der Waals surface area contributed by atoms with Gasteiger partial charge in [-0.3, -0.25) is 5.01 Å². The van der Waals surface area contributed by atoms with E-state index in [2.05, 4.69) is 97.9 Å². The summed E-state index contributed by atoms with van der Waals surface area (Å²) in [5, 5.41) is 2.17. The highest BCUT2D eigenvalue weighted by Gasteiger charge is 2.26. The number of benzene rings is 3. The highest BCUT2D eigenvalue weighted by Crippen LogP contribution is 2.35. The van der Waals surface area contributed by atoms with Crippen molar-refractivity contribution in [3.05, 3.63) is 102 Å². The molecule has 0 aromatic heterocycles. The van der Waals surface area contributed by atoms with E-state index >= 15 is 0 Å². The number of anilines is 1. The first-order valence-electron chi connectivity index (χ1n) is 10.0. The molecule has 3 heteroatoms. The molecule has 3 nitrogen and oxygen atoms in total. The van der Waals surface area contributed by atoms with E-state index in [9.17, 15) is 0 Å². The summed E-state index contributed by atoms with van der Waals surface area (Å²) in [6.07, 6.45) is 2.29. The van der Waals surface area contributed by atoms with Gasteiger partial charge in [0.15, 0.2) is 0 Å². The molecule has 3 aromatic rings. The third-order valence-corrected chi connectivity index (χ3v) is 5.37. The van der Waals surface area contributed by atoms with Crippen LogP contribution in [-0.4, -0.2) is 7.11 Å². The molecule has 0 saturated carbocycles. The molecule has 29 heavy (non-hydrogen) atoms. The summed E-state index contributed by atoms with van der Waals surface area (Å²) in [5.74, 6) is 0.862. The van der Waals surface area contributed by atoms with Crippen molar-refractivity contribution in [2.24, 2.45) is 0 Å². The van der Waals surface area contributed by atoms with E-state index in [1.165, 1.54) is 11.1 Å². The number of ether oxygens (including phenoxy) is 1. The fourth-order valence-electron chi connectivity index (χ4n) is 3.62. The van der Waals surface area contributed by atoms with E-state index in [0.717, 1.165) is 22.7 Å². The fraction of sp³-hybridized carbons (Fsp3) is 0.231. The van der Waals surface area contributed by atoms with Crippen molar-refractivity contribution in [3.8, 4) is 5.75 Å². The van der Waals surface area contributed by atoms with Crippen LogP contribution >= 0.6 is 0 Å². The van der Waals surface area contributed by atoms with Gasteiger partial charge >= 0.3 is 0 Å². The van der Waals surface area contributed by atoms with E-state index in [0.29, 0.717) is 0 Å². The molecule has 4 rings (SSSR count). The number of methoxy groups -OCH3 is 1. The maximum Gasteiger partial charge on any atom is 0.118 e. The van der Waals surface area contributed by atoms with Gasteiger partial charge in [0, 0.05) is 0 Å². The van der Waals surface area contributed by atoms with Gasteiger partial charge in [0.25, 0.3) is 0 Å². The molecule has 1 atom stereocenters. The molecule has 0 fully saturated rings. The quantitative estimate of drug-likeness (QED) is 0.588. The lowest BCUT2D eigenvalue weighted by Crippen LogP contribution is -2.33. The number of nitrogens with one attached hydrogen (secondary N) is 1. The molecule has 0 bridgehead atoms. The zero-order chi connectivity index (χ0) is 20.4. The normalized spacial score (nSPS) is 16.6. The molecule has 3 aromatic carbocycles. The summed E-state index contributed by atoms with van der Waals surface area (Å²) in [6, 6.07) is 27.7. The zero-order valence-corrected chi connectivity index (χ0v) is 17.5. The Kier molecular flexibility index (Phi) is 5.16. The summed E-state index contributed by atoms with van der Waals surface area (Å²) in [7, 11) is 1.69. The Morgan fingerprint density at radius 3 is 2.07 bits per heavy atom. The molecule has 0 saturated heterocycles. The van der Waals surface area contributed by atoms with Crippen LogP contribution in [0.3, 0.4) is 0 Å². The minimum atomic E-state index is 0.112. The van der Waals surface area contributed by atoms with Gasteiger partial charge in [-0.2, -0.15) is 0 Å². The average Bonchev–Trinajstić information content (AvgIpc) is 3.19. The molecule has 1 heterocycles. The summed E-state index contributed by atoms with van der Waals surface area (Å²) in [4.78, 5) is 0. The summed E-state index contributed by atoms with van der Waals surface area (Å²) in [5.41, 5.74) is 9.83. The lowest BCUT2D eigenvalue weighted by molar-refractivity contribution is 0.415. The van der Waals surface area contributed by atoms with Crippen molar-refractivity contribution in [3.63, 3.8) is 0 Å². The second-order valence-electron chi connectivity index (χ2n) is 8.43. The SMILES string of the molecule is COc1ccc(C2=CC(c3ccc(C(C)(C)C)cc3)NN2c2ccccc2)cc1. The Hall–Kier alpha value is -3.04. The minimum Gasteiger partial charge on any atom is -0.497 e. The maximum atomic E-state index is 5.32. The number of hydrogen-bond donors (Lipinski definition) is 1. The van der Waals surface area contributed by atoms with Crippen LogP contribution in [-0.2, 0) is 5.41 Å². The van der Waals surface area contributed by atoms with Crippen LogP contribution in [0.15, 0.2) is 84.9 Å². The van der Waals surface area contributed by atoms with Gasteiger partial charge < -0.3 is 4.74 Å². The van der Waals surface area contributed by atoms with Crippen LogP contribution in [0.5, 0.6) is 5.75 Å². The van der Waals surface area contributed by atoms with Gasteiger partial charge in [-0.1, -0.05) is 63.2 Å². The first-order chi connectivity index (χ1) is 14.0. The maximum absolute atomic E-state index is 5.32. The highest BCUT2D eigenvalue weighted by atomic mass is 16.5. The van der Waals surface area contributed by atoms with Crippen LogP contribution in [0.4, 0.5) is 5.69 Å². The molecule has 0 aliphatic carbocycles. The molecule has 1 N–H and O–H groups in total.